The number of halogens is 2. The third kappa shape index (κ3) is 6.89. The van der Waals surface area contributed by atoms with Gasteiger partial charge in [0.1, 0.15) is 0 Å². The Morgan fingerprint density at radius 1 is 0.696 bits per heavy atom. The summed E-state index contributed by atoms with van der Waals surface area (Å²) in [6.07, 6.45) is 29.0. The van der Waals surface area contributed by atoms with E-state index in [0.717, 1.165) is 11.8 Å². The summed E-state index contributed by atoms with van der Waals surface area (Å²) in [6.45, 7) is 0. The number of fused-ring (bicyclic) bond motifs is 2. The van der Waals surface area contributed by atoms with E-state index in [1.54, 1.807) is 11.1 Å². The monoisotopic (exact) mass is 426 g/mol. The van der Waals surface area contributed by atoms with Crippen molar-refractivity contribution in [2.75, 3.05) is 0 Å². The van der Waals surface area contributed by atoms with Crippen molar-refractivity contribution >= 4 is 0 Å². The molecule has 2 unspecified atom stereocenters. The van der Waals surface area contributed by atoms with Crippen LogP contribution in [0.3, 0.4) is 0 Å². The number of hydrogen-bond donors (Lipinski definition) is 0. The van der Waals surface area contributed by atoms with Gasteiger partial charge in [-0.2, -0.15) is 0 Å². The molecule has 0 N–H and O–H groups in total. The first-order valence-corrected chi connectivity index (χ1v) is 8.33. The Hall–Kier alpha value is 0.163. The Morgan fingerprint density at radius 2 is 1.13 bits per heavy atom. The van der Waals surface area contributed by atoms with Crippen molar-refractivity contribution in [2.24, 2.45) is 11.8 Å². The zero-order valence-corrected chi connectivity index (χ0v) is 17.7. The molecule has 3 heteroatoms. The van der Waals surface area contributed by atoms with E-state index in [4.69, 9.17) is 0 Å². The fourth-order valence-electron chi connectivity index (χ4n) is 3.74. The molecular weight excluding hydrogens is 402 g/mol. The first-order chi connectivity index (χ1) is 9.93. The second kappa shape index (κ2) is 12.5. The van der Waals surface area contributed by atoms with E-state index in [9.17, 15) is 0 Å². The van der Waals surface area contributed by atoms with E-state index >= 15 is 0 Å². The van der Waals surface area contributed by atoms with Crippen LogP contribution in [0, 0.1) is 24.7 Å². The van der Waals surface area contributed by atoms with Crippen LogP contribution >= 0.6 is 0 Å². The first-order valence-electron chi connectivity index (χ1n) is 8.33. The summed E-state index contributed by atoms with van der Waals surface area (Å²) < 4.78 is 0. The summed E-state index contributed by atoms with van der Waals surface area (Å²) in [5.41, 5.74) is 3.18. The Kier molecular flexibility index (Phi) is 12.6. The Balaban J connectivity index is 0.000000372. The van der Waals surface area contributed by atoms with E-state index < -0.39 is 0 Å². The maximum absolute atomic E-state index is 2.39. The molecule has 0 aromatic rings. The molecule has 2 fully saturated rings. The smallest absolute Gasteiger partial charge is 1.00 e. The van der Waals surface area contributed by atoms with Crippen LogP contribution in [0.25, 0.3) is 0 Å². The summed E-state index contributed by atoms with van der Waals surface area (Å²) in [7, 11) is 0. The van der Waals surface area contributed by atoms with Crippen molar-refractivity contribution in [3.63, 3.8) is 0 Å². The Labute approximate surface area is 173 Å². The van der Waals surface area contributed by atoms with E-state index in [1.165, 1.54) is 51.4 Å². The van der Waals surface area contributed by atoms with E-state index in [-0.39, 0.29) is 51.0 Å². The van der Waals surface area contributed by atoms with Gasteiger partial charge in [-0.25, -0.2) is 36.1 Å². The number of hydrogen-bond acceptors (Lipinski definition) is 0. The summed E-state index contributed by atoms with van der Waals surface area (Å²) in [5.74, 6) is 1.80. The molecular formula is C20H26Cl2Zr. The molecule has 4 aliphatic rings. The molecule has 4 rings (SSSR count). The molecule has 0 nitrogen and oxygen atoms in total. The largest absolute Gasteiger partial charge is 4.00 e. The molecule has 0 bridgehead atoms. The molecule has 0 amide bonds. The Morgan fingerprint density at radius 3 is 1.57 bits per heavy atom. The van der Waals surface area contributed by atoms with Gasteiger partial charge < -0.3 is 24.8 Å². The molecule has 2 saturated carbocycles. The van der Waals surface area contributed by atoms with Crippen molar-refractivity contribution < 1.29 is 51.0 Å². The topological polar surface area (TPSA) is 0 Å². The molecule has 0 saturated heterocycles. The minimum absolute atomic E-state index is 0. The molecule has 0 aromatic heterocycles. The standard InChI is InChI=1S/2C10H13.2ClH.Zr/c2*1-2-5-9-7-4-8-10(9)6-3-1;;;/h2*1-2,5,7,10H,3-4,6,8H2;2*1H;/q2*-1;;;+4/p-2. The third-order valence-corrected chi connectivity index (χ3v) is 4.95. The fourth-order valence-corrected chi connectivity index (χ4v) is 3.74. The fraction of sp³-hybridized carbons (Fsp3) is 0.500. The van der Waals surface area contributed by atoms with Gasteiger partial charge in [-0.05, 0) is 37.5 Å². The maximum Gasteiger partial charge on any atom is 4.00 e. The second-order valence-corrected chi connectivity index (χ2v) is 6.30. The maximum atomic E-state index is 2.39. The number of allylic oxidation sites excluding steroid dienone is 8. The Bertz CT molecular complexity index is 407. The summed E-state index contributed by atoms with van der Waals surface area (Å²) in [6, 6.07) is 0. The SMILES string of the molecule is C1=CCCC2CC[CH-]C2=C1.C1=CCCC2CC[CH-]C2=C1.[Cl-].[Cl-].[Zr+4]. The van der Waals surface area contributed by atoms with Gasteiger partial charge in [-0.15, -0.1) is 37.1 Å². The zero-order chi connectivity index (χ0) is 13.6. The van der Waals surface area contributed by atoms with Crippen molar-refractivity contribution in [3.8, 4) is 0 Å². The summed E-state index contributed by atoms with van der Waals surface area (Å²) >= 11 is 0. The first kappa shape index (κ1) is 23.2. The van der Waals surface area contributed by atoms with Crippen molar-refractivity contribution in [1.82, 2.24) is 0 Å². The van der Waals surface area contributed by atoms with Gasteiger partial charge in [-0.3, -0.25) is 0 Å². The van der Waals surface area contributed by atoms with Gasteiger partial charge in [0.15, 0.2) is 0 Å². The van der Waals surface area contributed by atoms with Crippen molar-refractivity contribution in [2.45, 2.75) is 51.4 Å². The van der Waals surface area contributed by atoms with Crippen molar-refractivity contribution in [3.05, 3.63) is 60.4 Å². The molecule has 0 heterocycles. The van der Waals surface area contributed by atoms with Crippen LogP contribution in [-0.2, 0) is 26.2 Å². The van der Waals surface area contributed by atoms with Gasteiger partial charge in [0.25, 0.3) is 0 Å². The normalized spacial score (nSPS) is 26.4. The van der Waals surface area contributed by atoms with Crippen LogP contribution in [0.4, 0.5) is 0 Å². The van der Waals surface area contributed by atoms with Gasteiger partial charge in [0, 0.05) is 0 Å². The van der Waals surface area contributed by atoms with Gasteiger partial charge >= 0.3 is 26.2 Å². The van der Waals surface area contributed by atoms with Gasteiger partial charge in [-0.1, -0.05) is 12.8 Å². The van der Waals surface area contributed by atoms with Crippen LogP contribution in [0.15, 0.2) is 47.6 Å². The average molecular weight is 429 g/mol. The minimum Gasteiger partial charge on any atom is -1.00 e. The predicted octanol–water partition coefficient (Wildman–Crippen LogP) is -0.240. The van der Waals surface area contributed by atoms with E-state index in [2.05, 4.69) is 49.3 Å². The number of rotatable bonds is 0. The summed E-state index contributed by atoms with van der Waals surface area (Å²) in [4.78, 5) is 0. The van der Waals surface area contributed by atoms with Crippen molar-refractivity contribution in [1.29, 1.82) is 0 Å². The molecule has 0 aliphatic heterocycles. The van der Waals surface area contributed by atoms with Crippen LogP contribution in [0.1, 0.15) is 51.4 Å². The average Bonchev–Trinajstić information content (AvgIpc) is 2.98. The molecule has 0 radical (unpaired) electrons. The quantitative estimate of drug-likeness (QED) is 0.468. The van der Waals surface area contributed by atoms with Gasteiger partial charge in [0.05, 0.1) is 0 Å². The molecule has 2 atom stereocenters. The molecule has 0 spiro atoms. The molecule has 23 heavy (non-hydrogen) atoms. The van der Waals surface area contributed by atoms with Crippen LogP contribution in [-0.4, -0.2) is 0 Å². The molecule has 124 valence electrons. The molecule has 4 aliphatic carbocycles. The predicted molar refractivity (Wildman–Crippen MR) is 87.0 cm³/mol. The third-order valence-electron chi connectivity index (χ3n) is 4.95. The summed E-state index contributed by atoms with van der Waals surface area (Å²) in [5, 5.41) is 0. The molecule has 0 aromatic carbocycles. The minimum atomic E-state index is 0. The van der Waals surface area contributed by atoms with Crippen LogP contribution in [0.2, 0.25) is 0 Å². The van der Waals surface area contributed by atoms with Crippen LogP contribution < -0.4 is 24.8 Å². The van der Waals surface area contributed by atoms with E-state index in [1.807, 2.05) is 0 Å². The van der Waals surface area contributed by atoms with Gasteiger partial charge in [0.2, 0.25) is 0 Å². The zero-order valence-electron chi connectivity index (χ0n) is 13.7. The second-order valence-electron chi connectivity index (χ2n) is 6.30. The van der Waals surface area contributed by atoms with E-state index in [0.29, 0.717) is 0 Å². The van der Waals surface area contributed by atoms with Crippen LogP contribution in [0.5, 0.6) is 0 Å².